The van der Waals surface area contributed by atoms with E-state index in [0.29, 0.717) is 0 Å². The predicted octanol–water partition coefficient (Wildman–Crippen LogP) is 1.89. The van der Waals surface area contributed by atoms with Crippen LogP contribution in [0.15, 0.2) is 0 Å². The summed E-state index contributed by atoms with van der Waals surface area (Å²) in [6.45, 7) is 6.88. The summed E-state index contributed by atoms with van der Waals surface area (Å²) in [7, 11) is 4.24. The molecule has 13 heavy (non-hydrogen) atoms. The van der Waals surface area contributed by atoms with E-state index in [4.69, 9.17) is 11.6 Å². The van der Waals surface area contributed by atoms with Crippen LogP contribution in [-0.4, -0.2) is 56.0 Å². The van der Waals surface area contributed by atoms with E-state index in [2.05, 4.69) is 30.8 Å². The minimum absolute atomic E-state index is 0.782. The highest BCUT2D eigenvalue weighted by Crippen LogP contribution is 1.95. The van der Waals surface area contributed by atoms with E-state index in [1.54, 1.807) is 0 Å². The van der Waals surface area contributed by atoms with E-state index in [0.717, 1.165) is 25.4 Å². The maximum absolute atomic E-state index is 5.65. The van der Waals surface area contributed by atoms with Crippen molar-refractivity contribution in [2.75, 3.05) is 46.2 Å². The van der Waals surface area contributed by atoms with E-state index in [-0.39, 0.29) is 0 Å². The van der Waals surface area contributed by atoms with Gasteiger partial charge in [0.2, 0.25) is 0 Å². The maximum Gasteiger partial charge on any atom is 0.0235 e. The molecule has 0 saturated heterocycles. The summed E-state index contributed by atoms with van der Waals surface area (Å²) in [4.78, 5) is 4.70. The minimum atomic E-state index is 0.782. The third-order valence-corrected chi connectivity index (χ3v) is 2.40. The molecule has 0 aromatic carbocycles. The van der Waals surface area contributed by atoms with Gasteiger partial charge in [-0.2, -0.15) is 0 Å². The SMILES string of the molecule is CCN(CCCCl)CCCN(C)C. The Balaban J connectivity index is 3.36. The zero-order valence-electron chi connectivity index (χ0n) is 9.22. The number of hydrogen-bond acceptors (Lipinski definition) is 2. The van der Waals surface area contributed by atoms with Crippen molar-refractivity contribution in [3.8, 4) is 0 Å². The molecule has 0 radical (unpaired) electrons. The molecule has 0 atom stereocenters. The zero-order valence-corrected chi connectivity index (χ0v) is 9.98. The molecule has 0 saturated carbocycles. The van der Waals surface area contributed by atoms with Crippen molar-refractivity contribution >= 4 is 11.6 Å². The van der Waals surface area contributed by atoms with Crippen LogP contribution in [-0.2, 0) is 0 Å². The first-order valence-corrected chi connectivity index (χ1v) is 5.67. The molecule has 0 amide bonds. The van der Waals surface area contributed by atoms with Crippen molar-refractivity contribution in [3.63, 3.8) is 0 Å². The molecule has 0 aromatic heterocycles. The predicted molar refractivity (Wildman–Crippen MR) is 60.6 cm³/mol. The molecule has 3 heteroatoms. The van der Waals surface area contributed by atoms with Gasteiger partial charge in [0.15, 0.2) is 0 Å². The molecule has 0 N–H and O–H groups in total. The Kier molecular flexibility index (Phi) is 8.93. The van der Waals surface area contributed by atoms with Gasteiger partial charge < -0.3 is 9.80 Å². The molecule has 0 bridgehead atoms. The van der Waals surface area contributed by atoms with Gasteiger partial charge in [-0.3, -0.25) is 0 Å². The highest BCUT2D eigenvalue weighted by molar-refractivity contribution is 6.17. The normalized spacial score (nSPS) is 11.5. The molecule has 0 aliphatic carbocycles. The number of nitrogens with zero attached hydrogens (tertiary/aromatic N) is 2. The third kappa shape index (κ3) is 8.54. The molecule has 2 nitrogen and oxygen atoms in total. The summed E-state index contributed by atoms with van der Waals surface area (Å²) in [6.07, 6.45) is 2.36. The number of halogens is 1. The lowest BCUT2D eigenvalue weighted by Gasteiger charge is -2.20. The first-order valence-electron chi connectivity index (χ1n) is 5.13. The van der Waals surface area contributed by atoms with E-state index in [1.165, 1.54) is 19.5 Å². The van der Waals surface area contributed by atoms with Crippen LogP contribution in [0.4, 0.5) is 0 Å². The van der Waals surface area contributed by atoms with Gasteiger partial charge in [0.25, 0.3) is 0 Å². The summed E-state index contributed by atoms with van der Waals surface area (Å²) >= 11 is 5.65. The lowest BCUT2D eigenvalue weighted by atomic mass is 10.3. The Morgan fingerprint density at radius 2 is 1.62 bits per heavy atom. The third-order valence-electron chi connectivity index (χ3n) is 2.13. The summed E-state index contributed by atoms with van der Waals surface area (Å²) in [5, 5.41) is 0. The minimum Gasteiger partial charge on any atom is -0.309 e. The molecule has 0 rings (SSSR count). The van der Waals surface area contributed by atoms with Gasteiger partial charge in [-0.25, -0.2) is 0 Å². The standard InChI is InChI=1S/C10H23ClN2/c1-4-13(9-5-7-11)10-6-8-12(2)3/h4-10H2,1-3H3. The average molecular weight is 207 g/mol. The fraction of sp³-hybridized carbons (Fsp3) is 1.00. The lowest BCUT2D eigenvalue weighted by Crippen LogP contribution is -2.28. The number of hydrogen-bond donors (Lipinski definition) is 0. The second-order valence-corrected chi connectivity index (χ2v) is 4.01. The van der Waals surface area contributed by atoms with E-state index in [1.807, 2.05) is 0 Å². The molecular weight excluding hydrogens is 184 g/mol. The molecule has 80 valence electrons. The molecule has 0 spiro atoms. The second kappa shape index (κ2) is 8.79. The Morgan fingerprint density at radius 3 is 2.08 bits per heavy atom. The van der Waals surface area contributed by atoms with Gasteiger partial charge in [-0.05, 0) is 53.1 Å². The topological polar surface area (TPSA) is 6.48 Å². The van der Waals surface area contributed by atoms with Gasteiger partial charge in [-0.15, -0.1) is 11.6 Å². The number of rotatable bonds is 8. The lowest BCUT2D eigenvalue weighted by molar-refractivity contribution is 0.267. The average Bonchev–Trinajstić information content (AvgIpc) is 2.10. The fourth-order valence-corrected chi connectivity index (χ4v) is 1.44. The van der Waals surface area contributed by atoms with Gasteiger partial charge in [0.1, 0.15) is 0 Å². The summed E-state index contributed by atoms with van der Waals surface area (Å²) < 4.78 is 0. The second-order valence-electron chi connectivity index (χ2n) is 3.63. The van der Waals surface area contributed by atoms with Crippen molar-refractivity contribution < 1.29 is 0 Å². The van der Waals surface area contributed by atoms with Crippen molar-refractivity contribution in [1.82, 2.24) is 9.80 Å². The Labute approximate surface area is 87.8 Å². The van der Waals surface area contributed by atoms with Crippen molar-refractivity contribution in [3.05, 3.63) is 0 Å². The molecule has 0 heterocycles. The molecule has 0 aliphatic rings. The van der Waals surface area contributed by atoms with Gasteiger partial charge in [0.05, 0.1) is 0 Å². The maximum atomic E-state index is 5.65. The fourth-order valence-electron chi connectivity index (χ4n) is 1.32. The van der Waals surface area contributed by atoms with Crippen LogP contribution >= 0.6 is 11.6 Å². The van der Waals surface area contributed by atoms with Crippen molar-refractivity contribution in [2.24, 2.45) is 0 Å². The Bertz CT molecular complexity index is 107. The van der Waals surface area contributed by atoms with Crippen LogP contribution in [0.1, 0.15) is 19.8 Å². The van der Waals surface area contributed by atoms with Crippen LogP contribution in [0.5, 0.6) is 0 Å². The first kappa shape index (κ1) is 13.2. The largest absolute Gasteiger partial charge is 0.309 e. The molecule has 0 aromatic rings. The van der Waals surface area contributed by atoms with Crippen LogP contribution < -0.4 is 0 Å². The van der Waals surface area contributed by atoms with E-state index < -0.39 is 0 Å². The van der Waals surface area contributed by atoms with Gasteiger partial charge >= 0.3 is 0 Å². The van der Waals surface area contributed by atoms with Crippen molar-refractivity contribution in [2.45, 2.75) is 19.8 Å². The molecule has 0 unspecified atom stereocenters. The Morgan fingerprint density at radius 1 is 1.00 bits per heavy atom. The van der Waals surface area contributed by atoms with E-state index >= 15 is 0 Å². The monoisotopic (exact) mass is 206 g/mol. The number of alkyl halides is 1. The Hall–Kier alpha value is 0.210. The summed E-state index contributed by atoms with van der Waals surface area (Å²) in [5.74, 6) is 0.782. The highest BCUT2D eigenvalue weighted by Gasteiger charge is 2.01. The smallest absolute Gasteiger partial charge is 0.0235 e. The molecular formula is C10H23ClN2. The van der Waals surface area contributed by atoms with E-state index in [9.17, 15) is 0 Å². The quantitative estimate of drug-likeness (QED) is 0.560. The first-order chi connectivity index (χ1) is 6.20. The van der Waals surface area contributed by atoms with Crippen LogP contribution in [0.2, 0.25) is 0 Å². The van der Waals surface area contributed by atoms with Crippen LogP contribution in [0, 0.1) is 0 Å². The van der Waals surface area contributed by atoms with Crippen LogP contribution in [0.25, 0.3) is 0 Å². The summed E-state index contributed by atoms with van der Waals surface area (Å²) in [6, 6.07) is 0. The van der Waals surface area contributed by atoms with Crippen molar-refractivity contribution in [1.29, 1.82) is 0 Å². The van der Waals surface area contributed by atoms with Crippen LogP contribution in [0.3, 0.4) is 0 Å². The molecule has 0 aliphatic heterocycles. The van der Waals surface area contributed by atoms with Gasteiger partial charge in [-0.1, -0.05) is 6.92 Å². The molecule has 0 fully saturated rings. The zero-order chi connectivity index (χ0) is 10.1. The highest BCUT2D eigenvalue weighted by atomic mass is 35.5. The van der Waals surface area contributed by atoms with Gasteiger partial charge in [0, 0.05) is 5.88 Å². The summed E-state index contributed by atoms with van der Waals surface area (Å²) in [5.41, 5.74) is 0.